The van der Waals surface area contributed by atoms with E-state index in [-0.39, 0.29) is 12.0 Å². The number of fused-ring (bicyclic) bond motifs is 1. The molecule has 0 aliphatic carbocycles. The molecule has 2 rings (SSSR count). The molecule has 1 aromatic carbocycles. The number of aliphatic hydroxyl groups is 1. The van der Waals surface area contributed by atoms with Crippen LogP contribution in [0.1, 0.15) is 64.7 Å². The summed E-state index contributed by atoms with van der Waals surface area (Å²) in [6.45, 7) is 10.5. The molecule has 1 aromatic rings. The number of nitrogens with zero attached hydrogens (tertiary/aromatic N) is 1. The molecule has 1 N–H and O–H groups in total. The quantitative estimate of drug-likeness (QED) is 0.891. The second kappa shape index (κ2) is 6.91. The highest BCUT2D eigenvalue weighted by molar-refractivity contribution is 5.90. The van der Waals surface area contributed by atoms with E-state index in [9.17, 15) is 9.90 Å². The molecule has 1 atom stereocenters. The Kier molecular flexibility index (Phi) is 5.35. The minimum absolute atomic E-state index is 0.274. The van der Waals surface area contributed by atoms with Gasteiger partial charge < -0.3 is 9.84 Å². The van der Waals surface area contributed by atoms with Crippen LogP contribution in [-0.4, -0.2) is 23.3 Å². The molecule has 1 aliphatic heterocycles. The van der Waals surface area contributed by atoms with Crippen molar-refractivity contribution in [2.75, 3.05) is 11.4 Å². The lowest BCUT2D eigenvalue weighted by Gasteiger charge is -2.25. The van der Waals surface area contributed by atoms with Crippen LogP contribution in [-0.2, 0) is 11.2 Å². The topological polar surface area (TPSA) is 49.8 Å². The molecule has 0 radical (unpaired) electrons. The molecule has 4 heteroatoms. The summed E-state index contributed by atoms with van der Waals surface area (Å²) in [7, 11) is 0. The zero-order valence-corrected chi connectivity index (χ0v) is 14.9. The number of benzene rings is 1. The van der Waals surface area contributed by atoms with Gasteiger partial charge in [-0.15, -0.1) is 0 Å². The molecule has 0 bridgehead atoms. The Balaban J connectivity index is 2.19. The average molecular weight is 319 g/mol. The van der Waals surface area contributed by atoms with Crippen LogP contribution in [0.2, 0.25) is 0 Å². The zero-order chi connectivity index (χ0) is 17.2. The van der Waals surface area contributed by atoms with E-state index in [1.807, 2.05) is 39.0 Å². The van der Waals surface area contributed by atoms with Crippen molar-refractivity contribution in [1.29, 1.82) is 0 Å². The first-order valence-corrected chi connectivity index (χ1v) is 8.58. The van der Waals surface area contributed by atoms with Crippen LogP contribution in [0.15, 0.2) is 18.2 Å². The number of rotatable bonds is 4. The fourth-order valence-electron chi connectivity index (χ4n) is 3.12. The number of hydrogen-bond donors (Lipinski definition) is 1. The van der Waals surface area contributed by atoms with Gasteiger partial charge in [-0.1, -0.05) is 38.8 Å². The summed E-state index contributed by atoms with van der Waals surface area (Å²) in [6, 6.07) is 5.92. The number of carbonyl (C=O) groups excluding carboxylic acids is 1. The minimum Gasteiger partial charge on any atom is -0.443 e. The third kappa shape index (κ3) is 4.05. The third-order valence-electron chi connectivity index (χ3n) is 4.45. The van der Waals surface area contributed by atoms with E-state index < -0.39 is 11.7 Å². The molecule has 1 heterocycles. The summed E-state index contributed by atoms with van der Waals surface area (Å²) in [5, 5.41) is 10.5. The first-order chi connectivity index (χ1) is 10.8. The van der Waals surface area contributed by atoms with Crippen molar-refractivity contribution < 1.29 is 14.6 Å². The first kappa shape index (κ1) is 17.8. The van der Waals surface area contributed by atoms with Crippen LogP contribution in [0.3, 0.4) is 0 Å². The highest BCUT2D eigenvalue weighted by Gasteiger charge is 2.29. The molecule has 0 saturated carbocycles. The Morgan fingerprint density at radius 1 is 1.30 bits per heavy atom. The predicted octanol–water partition coefficient (Wildman–Crippen LogP) is 4.45. The smallest absolute Gasteiger partial charge is 0.414 e. The summed E-state index contributed by atoms with van der Waals surface area (Å²) < 4.78 is 5.47. The summed E-state index contributed by atoms with van der Waals surface area (Å²) in [5.41, 5.74) is 2.47. The van der Waals surface area contributed by atoms with Gasteiger partial charge in [-0.3, -0.25) is 4.90 Å². The summed E-state index contributed by atoms with van der Waals surface area (Å²) in [6.07, 6.45) is 1.98. The van der Waals surface area contributed by atoms with Crippen LogP contribution < -0.4 is 4.90 Å². The van der Waals surface area contributed by atoms with Gasteiger partial charge in [0, 0.05) is 6.54 Å². The fourth-order valence-corrected chi connectivity index (χ4v) is 3.12. The van der Waals surface area contributed by atoms with Gasteiger partial charge in [0.05, 0.1) is 11.8 Å². The van der Waals surface area contributed by atoms with E-state index in [1.165, 1.54) is 0 Å². The normalized spacial score (nSPS) is 15.7. The third-order valence-corrected chi connectivity index (χ3v) is 4.45. The minimum atomic E-state index is -0.495. The number of carbonyl (C=O) groups is 1. The molecule has 1 amide bonds. The van der Waals surface area contributed by atoms with Crippen molar-refractivity contribution in [3.8, 4) is 0 Å². The van der Waals surface area contributed by atoms with E-state index in [1.54, 1.807) is 4.90 Å². The van der Waals surface area contributed by atoms with Crippen molar-refractivity contribution in [2.24, 2.45) is 5.92 Å². The predicted molar refractivity (Wildman–Crippen MR) is 92.8 cm³/mol. The lowest BCUT2D eigenvalue weighted by molar-refractivity contribution is 0.0584. The molecule has 1 aliphatic rings. The van der Waals surface area contributed by atoms with Crippen molar-refractivity contribution in [3.63, 3.8) is 0 Å². The van der Waals surface area contributed by atoms with Crippen LogP contribution in [0.5, 0.6) is 0 Å². The molecule has 0 spiro atoms. The van der Waals surface area contributed by atoms with E-state index in [4.69, 9.17) is 4.74 Å². The number of anilines is 1. The molecule has 0 fully saturated rings. The van der Waals surface area contributed by atoms with Gasteiger partial charge in [0.25, 0.3) is 0 Å². The number of amides is 1. The second-order valence-electron chi connectivity index (χ2n) is 7.29. The van der Waals surface area contributed by atoms with Gasteiger partial charge in [0.1, 0.15) is 5.60 Å². The summed E-state index contributed by atoms with van der Waals surface area (Å²) in [4.78, 5) is 14.0. The van der Waals surface area contributed by atoms with Crippen LogP contribution in [0.25, 0.3) is 0 Å². The van der Waals surface area contributed by atoms with Gasteiger partial charge in [-0.2, -0.15) is 0 Å². The molecular weight excluding hydrogens is 290 g/mol. The largest absolute Gasteiger partial charge is 0.443 e. The monoisotopic (exact) mass is 319 g/mol. The van der Waals surface area contributed by atoms with Crippen molar-refractivity contribution in [1.82, 2.24) is 0 Å². The molecule has 4 nitrogen and oxygen atoms in total. The Labute approximate surface area is 139 Å². The lowest BCUT2D eigenvalue weighted by Crippen LogP contribution is -2.35. The van der Waals surface area contributed by atoms with E-state index in [0.717, 1.165) is 36.1 Å². The van der Waals surface area contributed by atoms with Gasteiger partial charge in [0.15, 0.2) is 0 Å². The SMILES string of the molecule is CCC(CC)C(O)c1ccc2c(c1)CCN2C(=O)OC(C)(C)C. The average Bonchev–Trinajstić information content (AvgIpc) is 2.89. The number of ether oxygens (including phenoxy) is 1. The first-order valence-electron chi connectivity index (χ1n) is 8.58. The van der Waals surface area contributed by atoms with Gasteiger partial charge >= 0.3 is 6.09 Å². The van der Waals surface area contributed by atoms with Gasteiger partial charge in [0.2, 0.25) is 0 Å². The molecule has 23 heavy (non-hydrogen) atoms. The lowest BCUT2D eigenvalue weighted by atomic mass is 9.90. The Bertz CT molecular complexity index is 558. The maximum Gasteiger partial charge on any atom is 0.414 e. The molecule has 0 aromatic heterocycles. The van der Waals surface area contributed by atoms with E-state index >= 15 is 0 Å². The highest BCUT2D eigenvalue weighted by atomic mass is 16.6. The maximum atomic E-state index is 12.3. The van der Waals surface area contributed by atoms with Crippen LogP contribution in [0, 0.1) is 5.92 Å². The van der Waals surface area contributed by atoms with E-state index in [0.29, 0.717) is 6.54 Å². The van der Waals surface area contributed by atoms with Crippen molar-refractivity contribution >= 4 is 11.8 Å². The Morgan fingerprint density at radius 3 is 2.52 bits per heavy atom. The molecule has 1 unspecified atom stereocenters. The van der Waals surface area contributed by atoms with Crippen LogP contribution in [0.4, 0.5) is 10.5 Å². The van der Waals surface area contributed by atoms with Gasteiger partial charge in [-0.25, -0.2) is 4.79 Å². The summed E-state index contributed by atoms with van der Waals surface area (Å²) in [5.74, 6) is 0.274. The number of aliphatic hydroxyl groups excluding tert-OH is 1. The second-order valence-corrected chi connectivity index (χ2v) is 7.29. The highest BCUT2D eigenvalue weighted by Crippen LogP contribution is 2.34. The van der Waals surface area contributed by atoms with Crippen LogP contribution >= 0.6 is 0 Å². The fraction of sp³-hybridized carbons (Fsp3) is 0.632. The molecular formula is C19H29NO3. The molecule has 128 valence electrons. The van der Waals surface area contributed by atoms with Gasteiger partial charge in [-0.05, 0) is 50.3 Å². The number of hydrogen-bond acceptors (Lipinski definition) is 3. The Morgan fingerprint density at radius 2 is 1.96 bits per heavy atom. The molecule has 0 saturated heterocycles. The zero-order valence-electron chi connectivity index (χ0n) is 14.9. The van der Waals surface area contributed by atoms with E-state index in [2.05, 4.69) is 13.8 Å². The standard InChI is InChI=1S/C19H29NO3/c1-6-13(7-2)17(21)15-8-9-16-14(12-15)10-11-20(16)18(22)23-19(3,4)5/h8-9,12-13,17,21H,6-7,10-11H2,1-5H3. The summed E-state index contributed by atoms with van der Waals surface area (Å²) >= 11 is 0. The Hall–Kier alpha value is -1.55. The maximum absolute atomic E-state index is 12.3. The van der Waals surface area contributed by atoms with Crippen molar-refractivity contribution in [2.45, 2.75) is 65.6 Å². The van der Waals surface area contributed by atoms with Crippen molar-refractivity contribution in [3.05, 3.63) is 29.3 Å².